The van der Waals surface area contributed by atoms with Gasteiger partial charge in [-0.15, -0.1) is 0 Å². The Kier molecular flexibility index (Phi) is 4.52. The largest absolute Gasteiger partial charge is 0.316 e. The molecule has 2 aromatic rings. The highest BCUT2D eigenvalue weighted by molar-refractivity contribution is 5.74. The quantitative estimate of drug-likeness (QED) is 0.812. The van der Waals surface area contributed by atoms with Gasteiger partial charge >= 0.3 is 0 Å². The normalized spacial score (nSPS) is 18.2. The predicted molar refractivity (Wildman–Crippen MR) is 91.4 cm³/mol. The van der Waals surface area contributed by atoms with Crippen LogP contribution < -0.4 is 5.32 Å². The van der Waals surface area contributed by atoms with Crippen molar-refractivity contribution in [1.82, 2.24) is 5.32 Å². The Hall–Kier alpha value is -1.86. The minimum atomic E-state index is 0.541. The Morgan fingerprint density at radius 2 is 1.67 bits per heavy atom. The van der Waals surface area contributed by atoms with Gasteiger partial charge < -0.3 is 5.32 Å². The third-order valence-electron chi connectivity index (χ3n) is 4.22. The molecule has 0 saturated carbocycles. The fraction of sp³-hybridized carbons (Fsp3) is 0.300. The summed E-state index contributed by atoms with van der Waals surface area (Å²) in [4.78, 5) is 0. The summed E-state index contributed by atoms with van der Waals surface area (Å²) in [5.41, 5.74) is 5.63. The third kappa shape index (κ3) is 3.25. The summed E-state index contributed by atoms with van der Waals surface area (Å²) in [5.74, 6) is 0.541. The van der Waals surface area contributed by atoms with E-state index in [1.807, 2.05) is 0 Å². The maximum Gasteiger partial charge on any atom is 0.00235 e. The molecule has 2 aromatic carbocycles. The molecule has 0 spiro atoms. The number of nitrogens with one attached hydrogen (secondary N) is 1. The lowest BCUT2D eigenvalue weighted by Gasteiger charge is -2.23. The van der Waals surface area contributed by atoms with Gasteiger partial charge in [-0.1, -0.05) is 67.6 Å². The number of benzene rings is 2. The van der Waals surface area contributed by atoms with Crippen LogP contribution in [0.25, 0.3) is 12.2 Å². The summed E-state index contributed by atoms with van der Waals surface area (Å²) in [7, 11) is 0. The lowest BCUT2D eigenvalue weighted by atomic mass is 9.85. The molecule has 0 heterocycles. The summed E-state index contributed by atoms with van der Waals surface area (Å²) in [6.07, 6.45) is 6.81. The van der Waals surface area contributed by atoms with E-state index in [-0.39, 0.29) is 0 Å². The van der Waals surface area contributed by atoms with E-state index < -0.39 is 0 Å². The van der Waals surface area contributed by atoms with Crippen LogP contribution in [0.5, 0.6) is 0 Å². The van der Waals surface area contributed by atoms with Crippen LogP contribution in [0, 0.1) is 0 Å². The average Bonchev–Trinajstić information content (AvgIpc) is 2.51. The van der Waals surface area contributed by atoms with E-state index in [1.165, 1.54) is 28.7 Å². The fourth-order valence-electron chi connectivity index (χ4n) is 3.11. The van der Waals surface area contributed by atoms with Crippen LogP contribution in [0.15, 0.2) is 48.5 Å². The highest BCUT2D eigenvalue weighted by Gasteiger charge is 2.17. The molecule has 0 aromatic heterocycles. The van der Waals surface area contributed by atoms with Gasteiger partial charge in [-0.3, -0.25) is 0 Å². The first kappa shape index (κ1) is 14.1. The Morgan fingerprint density at radius 3 is 2.52 bits per heavy atom. The zero-order valence-corrected chi connectivity index (χ0v) is 12.7. The molecule has 0 aliphatic heterocycles. The van der Waals surface area contributed by atoms with Crippen LogP contribution in [-0.2, 0) is 6.42 Å². The van der Waals surface area contributed by atoms with Crippen molar-refractivity contribution >= 4 is 12.2 Å². The summed E-state index contributed by atoms with van der Waals surface area (Å²) < 4.78 is 0. The van der Waals surface area contributed by atoms with E-state index in [0.717, 1.165) is 19.5 Å². The Morgan fingerprint density at radius 1 is 0.952 bits per heavy atom. The minimum absolute atomic E-state index is 0.541. The molecule has 3 rings (SSSR count). The first-order valence-corrected chi connectivity index (χ1v) is 7.94. The number of hydrogen-bond donors (Lipinski definition) is 1. The van der Waals surface area contributed by atoms with Gasteiger partial charge in [-0.25, -0.2) is 0 Å². The van der Waals surface area contributed by atoms with Gasteiger partial charge in [0.15, 0.2) is 0 Å². The summed E-state index contributed by atoms with van der Waals surface area (Å²) >= 11 is 0. The van der Waals surface area contributed by atoms with Gasteiger partial charge in [0.25, 0.3) is 0 Å². The van der Waals surface area contributed by atoms with Crippen molar-refractivity contribution in [2.45, 2.75) is 25.7 Å². The maximum absolute atomic E-state index is 3.60. The summed E-state index contributed by atoms with van der Waals surface area (Å²) in [6.45, 7) is 4.36. The molecule has 0 bridgehead atoms. The van der Waals surface area contributed by atoms with E-state index >= 15 is 0 Å². The first-order chi connectivity index (χ1) is 10.4. The van der Waals surface area contributed by atoms with Crippen molar-refractivity contribution in [3.63, 3.8) is 0 Å². The molecule has 0 saturated heterocycles. The average molecular weight is 277 g/mol. The molecule has 1 N–H and O–H groups in total. The Bertz CT molecular complexity index is 627. The van der Waals surface area contributed by atoms with Crippen LogP contribution in [0.1, 0.15) is 41.5 Å². The van der Waals surface area contributed by atoms with Gasteiger partial charge in [-0.05, 0) is 41.6 Å². The third-order valence-corrected chi connectivity index (χ3v) is 4.22. The minimum Gasteiger partial charge on any atom is -0.316 e. The van der Waals surface area contributed by atoms with Crippen molar-refractivity contribution in [3.8, 4) is 0 Å². The Labute approximate surface area is 127 Å². The highest BCUT2D eigenvalue weighted by Crippen LogP contribution is 2.29. The SMILES string of the molecule is CCCNCC1Cc2ccccc2/C=C\c2ccccc21. The lowest BCUT2D eigenvalue weighted by molar-refractivity contribution is 0.575. The van der Waals surface area contributed by atoms with Gasteiger partial charge in [-0.2, -0.15) is 0 Å². The lowest BCUT2D eigenvalue weighted by Crippen LogP contribution is -2.24. The summed E-state index contributed by atoms with van der Waals surface area (Å²) in [6, 6.07) is 17.6. The molecular weight excluding hydrogens is 254 g/mol. The van der Waals surface area contributed by atoms with Crippen LogP contribution >= 0.6 is 0 Å². The second-order valence-corrected chi connectivity index (χ2v) is 5.77. The molecule has 1 nitrogen and oxygen atoms in total. The van der Waals surface area contributed by atoms with Gasteiger partial charge in [0.05, 0.1) is 0 Å². The van der Waals surface area contributed by atoms with Crippen LogP contribution in [-0.4, -0.2) is 13.1 Å². The second kappa shape index (κ2) is 6.73. The molecule has 108 valence electrons. The van der Waals surface area contributed by atoms with Crippen molar-refractivity contribution in [2.75, 3.05) is 13.1 Å². The monoisotopic (exact) mass is 277 g/mol. The molecular formula is C20H23N. The molecule has 1 heteroatoms. The van der Waals surface area contributed by atoms with Crippen LogP contribution in [0.2, 0.25) is 0 Å². The first-order valence-electron chi connectivity index (χ1n) is 7.94. The highest BCUT2D eigenvalue weighted by atomic mass is 14.8. The molecule has 1 atom stereocenters. The Balaban J connectivity index is 1.97. The van der Waals surface area contributed by atoms with E-state index in [0.29, 0.717) is 5.92 Å². The zero-order valence-electron chi connectivity index (χ0n) is 12.7. The maximum atomic E-state index is 3.60. The standard InChI is InChI=1S/C20H23N/c1-2-13-21-15-19-14-18-9-4-3-7-16(18)11-12-17-8-5-6-10-20(17)19/h3-12,19,21H,2,13-15H2,1H3/b12-11-. The molecule has 1 aliphatic carbocycles. The van der Waals surface area contributed by atoms with Crippen LogP contribution in [0.4, 0.5) is 0 Å². The van der Waals surface area contributed by atoms with E-state index in [2.05, 4.69) is 72.9 Å². The molecule has 0 amide bonds. The molecule has 0 radical (unpaired) electrons. The van der Waals surface area contributed by atoms with Crippen molar-refractivity contribution in [3.05, 3.63) is 70.8 Å². The van der Waals surface area contributed by atoms with Gasteiger partial charge in [0.2, 0.25) is 0 Å². The topological polar surface area (TPSA) is 12.0 Å². The smallest absolute Gasteiger partial charge is 0.00235 e. The predicted octanol–water partition coefficient (Wildman–Crippen LogP) is 4.50. The fourth-order valence-corrected chi connectivity index (χ4v) is 3.11. The van der Waals surface area contributed by atoms with Crippen molar-refractivity contribution in [2.24, 2.45) is 0 Å². The van der Waals surface area contributed by atoms with Gasteiger partial charge in [0, 0.05) is 12.5 Å². The number of fused-ring (bicyclic) bond motifs is 2. The van der Waals surface area contributed by atoms with Crippen LogP contribution in [0.3, 0.4) is 0 Å². The second-order valence-electron chi connectivity index (χ2n) is 5.77. The zero-order chi connectivity index (χ0) is 14.5. The van der Waals surface area contributed by atoms with E-state index in [4.69, 9.17) is 0 Å². The molecule has 0 fully saturated rings. The van der Waals surface area contributed by atoms with Crippen molar-refractivity contribution in [1.29, 1.82) is 0 Å². The van der Waals surface area contributed by atoms with Crippen molar-refractivity contribution < 1.29 is 0 Å². The summed E-state index contributed by atoms with van der Waals surface area (Å²) in [5, 5.41) is 3.60. The number of hydrogen-bond acceptors (Lipinski definition) is 1. The van der Waals surface area contributed by atoms with E-state index in [1.54, 1.807) is 0 Å². The molecule has 1 aliphatic rings. The van der Waals surface area contributed by atoms with E-state index in [9.17, 15) is 0 Å². The number of rotatable bonds is 4. The molecule has 21 heavy (non-hydrogen) atoms. The van der Waals surface area contributed by atoms with Gasteiger partial charge in [0.1, 0.15) is 0 Å². The molecule has 1 unspecified atom stereocenters.